The van der Waals surface area contributed by atoms with Gasteiger partial charge in [0.05, 0.1) is 26.0 Å². The van der Waals surface area contributed by atoms with Crippen LogP contribution in [0.3, 0.4) is 0 Å². The van der Waals surface area contributed by atoms with E-state index in [9.17, 15) is 24.4 Å². The molecule has 2 aliphatic rings. The van der Waals surface area contributed by atoms with Crippen LogP contribution in [-0.4, -0.2) is 104 Å². The highest BCUT2D eigenvalue weighted by Gasteiger charge is 2.53. The molecule has 0 aromatic carbocycles. The zero-order chi connectivity index (χ0) is 30.0. The van der Waals surface area contributed by atoms with Gasteiger partial charge in [0.25, 0.3) is 11.1 Å². The standard InChI is InChI=1S/C18H20F2N11O9PS/c19-8-5(2-32)38-16(31-13-10(27-29-31)15(34)25-17(21)24-13)11(8)40-41(36,42)37-3-6-18(20,35)1-7(39-6)30-12-9(26-28-30)14(33)23-4-22-12/h4-8,11,16,32,35H,1-3H2,(H,36,42)(H,22,23,33)(H3,21,24,25,34)/t5-,6-,7-,8-,11-,16-,18-,41?/m1/s1. The van der Waals surface area contributed by atoms with Crippen LogP contribution in [0.15, 0.2) is 15.9 Å². The second kappa shape index (κ2) is 10.4. The molecule has 0 amide bonds. The van der Waals surface area contributed by atoms with Crippen molar-refractivity contribution in [3.63, 3.8) is 0 Å². The average molecular weight is 635 g/mol. The van der Waals surface area contributed by atoms with Crippen molar-refractivity contribution in [3.8, 4) is 0 Å². The van der Waals surface area contributed by atoms with E-state index in [0.717, 1.165) is 15.7 Å². The number of alkyl halides is 2. The number of hydrogen-bond donors (Lipinski definition) is 6. The zero-order valence-corrected chi connectivity index (χ0v) is 22.5. The van der Waals surface area contributed by atoms with Crippen LogP contribution in [0.4, 0.5) is 14.7 Å². The number of nitrogens with one attached hydrogen (secondary N) is 2. The summed E-state index contributed by atoms with van der Waals surface area (Å²) in [6.45, 7) is -6.35. The Morgan fingerprint density at radius 2 is 1.93 bits per heavy atom. The molecular formula is C18H20F2N11O9PS. The van der Waals surface area contributed by atoms with Gasteiger partial charge >= 0.3 is 6.80 Å². The molecule has 0 saturated carbocycles. The summed E-state index contributed by atoms with van der Waals surface area (Å²) in [7, 11) is 0. The van der Waals surface area contributed by atoms with Gasteiger partial charge < -0.3 is 30.4 Å². The monoisotopic (exact) mass is 635 g/mol. The van der Waals surface area contributed by atoms with Crippen LogP contribution in [0.25, 0.3) is 22.3 Å². The smallest absolute Gasteiger partial charge is 0.386 e. The van der Waals surface area contributed by atoms with Crippen molar-refractivity contribution >= 4 is 47.3 Å². The SMILES string of the molecule is Nc1nc2c(nnn2[C@@H]2O[C@H](CO)[C@@H](F)[C@H]2OP(=O)(S)OC[C@H]2O[C@@H](n3nnc4c(=O)[nH]cnc43)C[C@]2(O)F)c(=O)[nH]1. The number of rotatable bonds is 8. The number of H-pyrrole nitrogens is 2. The maximum absolute atomic E-state index is 15.2. The molecule has 8 atom stereocenters. The van der Waals surface area contributed by atoms with E-state index in [-0.39, 0.29) is 28.3 Å². The van der Waals surface area contributed by atoms with E-state index in [2.05, 4.69) is 52.8 Å². The normalized spacial score (nSPS) is 31.3. The Balaban J connectivity index is 1.19. The summed E-state index contributed by atoms with van der Waals surface area (Å²) in [6.07, 6.45) is -9.78. The maximum Gasteiger partial charge on any atom is 0.386 e. The number of hydrogen-bond acceptors (Lipinski definition) is 16. The summed E-state index contributed by atoms with van der Waals surface area (Å²) in [4.78, 5) is 36.3. The first-order valence-corrected chi connectivity index (χ1v) is 14.6. The highest BCUT2D eigenvalue weighted by Crippen LogP contribution is 2.57. The first kappa shape index (κ1) is 28.7. The van der Waals surface area contributed by atoms with Crippen LogP contribution in [0.2, 0.25) is 0 Å². The lowest BCUT2D eigenvalue weighted by Crippen LogP contribution is -2.36. The molecule has 2 aliphatic heterocycles. The molecule has 0 bridgehead atoms. The van der Waals surface area contributed by atoms with Gasteiger partial charge in [-0.15, -0.1) is 10.2 Å². The summed E-state index contributed by atoms with van der Waals surface area (Å²) in [6, 6.07) is 0. The van der Waals surface area contributed by atoms with Crippen LogP contribution in [0.1, 0.15) is 18.9 Å². The number of anilines is 1. The van der Waals surface area contributed by atoms with Gasteiger partial charge in [0, 0.05) is 0 Å². The summed E-state index contributed by atoms with van der Waals surface area (Å²) in [5.41, 5.74) is 3.48. The van der Waals surface area contributed by atoms with Gasteiger partial charge in [0.2, 0.25) is 11.8 Å². The number of fused-ring (bicyclic) bond motifs is 2. The summed E-state index contributed by atoms with van der Waals surface area (Å²) >= 11 is 3.83. The molecule has 6 N–H and O–H groups in total. The van der Waals surface area contributed by atoms with Gasteiger partial charge in [-0.25, -0.2) is 18.3 Å². The van der Waals surface area contributed by atoms with Gasteiger partial charge in [0.1, 0.15) is 18.3 Å². The van der Waals surface area contributed by atoms with E-state index in [4.69, 9.17) is 24.3 Å². The maximum atomic E-state index is 15.2. The molecule has 6 heterocycles. The van der Waals surface area contributed by atoms with E-state index in [1.165, 1.54) is 0 Å². The van der Waals surface area contributed by atoms with E-state index in [0.29, 0.717) is 0 Å². The predicted octanol–water partition coefficient (Wildman–Crippen LogP) is -1.76. The molecule has 2 saturated heterocycles. The van der Waals surface area contributed by atoms with Gasteiger partial charge in [-0.1, -0.05) is 22.7 Å². The number of nitrogens with two attached hydrogens (primary N) is 1. The van der Waals surface area contributed by atoms with Crippen molar-refractivity contribution in [3.05, 3.63) is 27.0 Å². The number of aromatic amines is 2. The molecule has 24 heteroatoms. The Kier molecular flexibility index (Phi) is 7.08. The number of halogens is 2. The lowest BCUT2D eigenvalue weighted by atomic mass is 10.1. The molecule has 4 aromatic heterocycles. The highest BCUT2D eigenvalue weighted by molar-refractivity contribution is 8.44. The first-order chi connectivity index (χ1) is 19.9. The molecule has 226 valence electrons. The molecular weight excluding hydrogens is 615 g/mol. The second-order valence-corrected chi connectivity index (χ2v) is 12.1. The summed E-state index contributed by atoms with van der Waals surface area (Å²) < 4.78 is 66.7. The van der Waals surface area contributed by atoms with Gasteiger partial charge in [-0.05, 0) is 0 Å². The second-order valence-electron chi connectivity index (χ2n) is 9.22. The average Bonchev–Trinajstić information content (AvgIpc) is 3.67. The zero-order valence-electron chi connectivity index (χ0n) is 20.7. The Hall–Kier alpha value is -3.44. The minimum atomic E-state index is -4.60. The van der Waals surface area contributed by atoms with E-state index in [1.807, 2.05) is 0 Å². The molecule has 0 spiro atoms. The number of aliphatic hydroxyl groups is 2. The Bertz CT molecular complexity index is 1820. The fourth-order valence-corrected chi connectivity index (χ4v) is 5.96. The van der Waals surface area contributed by atoms with E-state index < -0.39 is 80.3 Å². The molecule has 6 rings (SSSR count). The molecule has 42 heavy (non-hydrogen) atoms. The third-order valence-electron chi connectivity index (χ3n) is 6.50. The number of nitrogen functional groups attached to an aromatic ring is 1. The molecule has 2 fully saturated rings. The minimum absolute atomic E-state index is 0.0529. The number of thiol groups is 1. The predicted molar refractivity (Wildman–Crippen MR) is 134 cm³/mol. The number of aliphatic hydroxyl groups excluding tert-OH is 1. The summed E-state index contributed by atoms with van der Waals surface area (Å²) in [5, 5.41) is 34.6. The van der Waals surface area contributed by atoms with Gasteiger partial charge in [-0.2, -0.15) is 14.3 Å². The molecule has 4 aromatic rings. The minimum Gasteiger partial charge on any atom is -0.394 e. The van der Waals surface area contributed by atoms with Gasteiger partial charge in [-0.3, -0.25) is 23.6 Å². The third kappa shape index (κ3) is 4.96. The van der Waals surface area contributed by atoms with Crippen molar-refractivity contribution in [2.45, 2.75) is 49.2 Å². The third-order valence-corrected chi connectivity index (χ3v) is 8.11. The van der Waals surface area contributed by atoms with Crippen LogP contribution >= 0.6 is 19.0 Å². The van der Waals surface area contributed by atoms with Crippen LogP contribution in [-0.2, 0) is 23.1 Å². The fourth-order valence-electron chi connectivity index (χ4n) is 4.53. The lowest BCUT2D eigenvalue weighted by Gasteiger charge is -2.25. The molecule has 20 nitrogen and oxygen atoms in total. The van der Waals surface area contributed by atoms with E-state index in [1.54, 1.807) is 0 Å². The van der Waals surface area contributed by atoms with Crippen molar-refractivity contribution in [2.24, 2.45) is 0 Å². The van der Waals surface area contributed by atoms with Crippen molar-refractivity contribution in [1.29, 1.82) is 0 Å². The Labute approximate surface area is 234 Å². The van der Waals surface area contributed by atoms with Crippen LogP contribution in [0, 0.1) is 0 Å². The molecule has 0 radical (unpaired) electrons. The van der Waals surface area contributed by atoms with Crippen molar-refractivity contribution < 1.29 is 42.1 Å². The van der Waals surface area contributed by atoms with E-state index >= 15 is 8.78 Å². The lowest BCUT2D eigenvalue weighted by molar-refractivity contribution is -0.148. The first-order valence-electron chi connectivity index (χ1n) is 11.9. The topological polar surface area (TPSA) is 273 Å². The highest BCUT2D eigenvalue weighted by atomic mass is 32.7. The van der Waals surface area contributed by atoms with Crippen LogP contribution in [0.5, 0.6) is 0 Å². The largest absolute Gasteiger partial charge is 0.394 e. The Morgan fingerprint density at radius 3 is 2.67 bits per heavy atom. The van der Waals surface area contributed by atoms with Gasteiger partial charge in [0.15, 0.2) is 41.0 Å². The molecule has 0 aliphatic carbocycles. The van der Waals surface area contributed by atoms with Crippen molar-refractivity contribution in [2.75, 3.05) is 18.9 Å². The molecule has 1 unspecified atom stereocenters. The van der Waals surface area contributed by atoms with Crippen molar-refractivity contribution in [1.82, 2.24) is 49.9 Å². The number of aromatic nitrogens is 10. The summed E-state index contributed by atoms with van der Waals surface area (Å²) in [5.74, 6) is -3.37. The van der Waals surface area contributed by atoms with Crippen LogP contribution < -0.4 is 16.9 Å². The number of ether oxygens (including phenoxy) is 2. The Morgan fingerprint density at radius 1 is 1.21 bits per heavy atom. The fraction of sp³-hybridized carbons (Fsp3) is 0.556. The number of nitrogens with zero attached hydrogens (tertiary/aromatic N) is 8. The quantitative estimate of drug-likeness (QED) is 0.0924.